The normalized spacial score (nSPS) is 22.1. The summed E-state index contributed by atoms with van der Waals surface area (Å²) >= 11 is 0. The average molecular weight is 463 g/mol. The zero-order chi connectivity index (χ0) is 23.9. The maximum absolute atomic E-state index is 12.7. The van der Waals surface area contributed by atoms with E-state index < -0.39 is 23.5 Å². The first-order valence-corrected chi connectivity index (χ1v) is 12.0. The smallest absolute Gasteiger partial charge is 0.407 e. The number of nitrogens with one attached hydrogen (secondary N) is 2. The summed E-state index contributed by atoms with van der Waals surface area (Å²) in [5, 5.41) is 15.2. The van der Waals surface area contributed by atoms with Gasteiger partial charge in [0, 0.05) is 12.5 Å². The lowest BCUT2D eigenvalue weighted by molar-refractivity contribution is -0.146. The van der Waals surface area contributed by atoms with Gasteiger partial charge in [0.1, 0.15) is 12.6 Å². The van der Waals surface area contributed by atoms with E-state index >= 15 is 0 Å². The Morgan fingerprint density at radius 1 is 1.06 bits per heavy atom. The number of fused-ring (bicyclic) bond motifs is 3. The van der Waals surface area contributed by atoms with Gasteiger partial charge >= 0.3 is 12.1 Å². The van der Waals surface area contributed by atoms with Gasteiger partial charge in [0.2, 0.25) is 5.91 Å². The molecule has 2 aromatic carbocycles. The van der Waals surface area contributed by atoms with E-state index in [1.54, 1.807) is 6.92 Å². The number of rotatable bonds is 8. The molecular weight excluding hydrogens is 432 g/mol. The quantitative estimate of drug-likeness (QED) is 0.549. The van der Waals surface area contributed by atoms with Crippen molar-refractivity contribution in [2.75, 3.05) is 13.2 Å². The molecular formula is C27H30N2O5. The summed E-state index contributed by atoms with van der Waals surface area (Å²) in [6.07, 6.45) is 3.20. The van der Waals surface area contributed by atoms with E-state index in [9.17, 15) is 19.5 Å². The van der Waals surface area contributed by atoms with Crippen LogP contribution < -0.4 is 10.6 Å². The first kappa shape index (κ1) is 22.4. The lowest BCUT2D eigenvalue weighted by Crippen LogP contribution is -2.49. The lowest BCUT2D eigenvalue weighted by Gasteiger charge is -2.31. The van der Waals surface area contributed by atoms with Gasteiger partial charge < -0.3 is 20.5 Å². The van der Waals surface area contributed by atoms with Crippen LogP contribution in [0.3, 0.4) is 0 Å². The molecule has 7 nitrogen and oxygen atoms in total. The molecule has 0 saturated heterocycles. The number of carbonyl (C=O) groups is 3. The summed E-state index contributed by atoms with van der Waals surface area (Å²) in [5.74, 6) is -1.28. The monoisotopic (exact) mass is 462 g/mol. The lowest BCUT2D eigenvalue weighted by atomic mass is 9.75. The van der Waals surface area contributed by atoms with Gasteiger partial charge in [0.15, 0.2) is 0 Å². The van der Waals surface area contributed by atoms with E-state index in [1.165, 1.54) is 0 Å². The SMILES string of the molecule is CC[C@@H](NC(=O)OCC1c2ccccc2-c2ccccc21)C(=O)NCC1(C(=O)O)CC12CCC2. The Hall–Kier alpha value is -3.35. The third kappa shape index (κ3) is 3.54. The van der Waals surface area contributed by atoms with Crippen molar-refractivity contribution in [3.8, 4) is 11.1 Å². The molecule has 5 rings (SSSR count). The highest BCUT2D eigenvalue weighted by molar-refractivity contribution is 5.87. The Bertz CT molecular complexity index is 1100. The molecule has 3 aliphatic carbocycles. The number of benzene rings is 2. The summed E-state index contributed by atoms with van der Waals surface area (Å²) in [4.78, 5) is 37.2. The maximum atomic E-state index is 12.7. The minimum Gasteiger partial charge on any atom is -0.481 e. The van der Waals surface area contributed by atoms with Crippen LogP contribution in [0.15, 0.2) is 48.5 Å². The molecule has 3 aliphatic rings. The van der Waals surface area contributed by atoms with E-state index in [-0.39, 0.29) is 30.4 Å². The highest BCUT2D eigenvalue weighted by atomic mass is 16.5. The van der Waals surface area contributed by atoms with Crippen LogP contribution in [-0.4, -0.2) is 42.3 Å². The molecule has 0 aliphatic heterocycles. The molecule has 3 N–H and O–H groups in total. The molecule has 2 aromatic rings. The Kier molecular flexibility index (Phi) is 5.58. The second-order valence-electron chi connectivity index (χ2n) is 9.85. The van der Waals surface area contributed by atoms with Crippen LogP contribution >= 0.6 is 0 Å². The van der Waals surface area contributed by atoms with Gasteiger partial charge in [-0.05, 0) is 53.4 Å². The minimum atomic E-state index is -0.858. The van der Waals surface area contributed by atoms with E-state index in [0.29, 0.717) is 12.8 Å². The average Bonchev–Trinajstić information content (AvgIpc) is 3.44. The number of aliphatic carboxylic acids is 1. The zero-order valence-electron chi connectivity index (χ0n) is 19.3. The van der Waals surface area contributed by atoms with Gasteiger partial charge in [-0.3, -0.25) is 9.59 Å². The molecule has 0 aromatic heterocycles. The predicted octanol–water partition coefficient (Wildman–Crippen LogP) is 4.06. The number of hydrogen-bond donors (Lipinski definition) is 3. The number of ether oxygens (including phenoxy) is 1. The molecule has 178 valence electrons. The first-order valence-electron chi connectivity index (χ1n) is 12.0. The molecule has 1 spiro atoms. The molecule has 1 unspecified atom stereocenters. The number of alkyl carbamates (subject to hydrolysis) is 1. The molecule has 2 amide bonds. The van der Waals surface area contributed by atoms with Crippen LogP contribution in [0.1, 0.15) is 56.1 Å². The van der Waals surface area contributed by atoms with Crippen LogP contribution in [0.2, 0.25) is 0 Å². The van der Waals surface area contributed by atoms with Crippen molar-refractivity contribution in [3.63, 3.8) is 0 Å². The van der Waals surface area contributed by atoms with Gasteiger partial charge in [-0.2, -0.15) is 0 Å². The van der Waals surface area contributed by atoms with Crippen LogP contribution in [0.5, 0.6) is 0 Å². The van der Waals surface area contributed by atoms with Gasteiger partial charge in [0.25, 0.3) is 0 Å². The fourth-order valence-corrected chi connectivity index (χ4v) is 5.92. The second-order valence-corrected chi connectivity index (χ2v) is 9.85. The van der Waals surface area contributed by atoms with Crippen molar-refractivity contribution in [2.45, 2.75) is 51.0 Å². The van der Waals surface area contributed by atoms with Crippen molar-refractivity contribution in [3.05, 3.63) is 59.7 Å². The van der Waals surface area contributed by atoms with Crippen molar-refractivity contribution in [2.24, 2.45) is 10.8 Å². The number of carboxylic acid groups (broad SMARTS) is 1. The molecule has 2 fully saturated rings. The molecule has 0 bridgehead atoms. The van der Waals surface area contributed by atoms with Gasteiger partial charge in [-0.1, -0.05) is 61.9 Å². The molecule has 0 radical (unpaired) electrons. The predicted molar refractivity (Wildman–Crippen MR) is 126 cm³/mol. The van der Waals surface area contributed by atoms with E-state index in [2.05, 4.69) is 34.9 Å². The highest BCUT2D eigenvalue weighted by Gasteiger charge is 2.73. The Labute approximate surface area is 198 Å². The number of amides is 2. The second kappa shape index (κ2) is 8.46. The summed E-state index contributed by atoms with van der Waals surface area (Å²) < 4.78 is 5.55. The molecule has 2 saturated carbocycles. The molecule has 34 heavy (non-hydrogen) atoms. The fourth-order valence-electron chi connectivity index (χ4n) is 5.92. The van der Waals surface area contributed by atoms with Crippen molar-refractivity contribution >= 4 is 18.0 Å². The number of carboxylic acids is 1. The largest absolute Gasteiger partial charge is 0.481 e. The standard InChI is InChI=1S/C27H30N2O5/c1-2-22(23(30)28-16-27(24(31)32)15-26(27)12-7-13-26)29-25(33)34-14-21-19-10-5-3-8-17(19)18-9-4-6-11-20(18)21/h3-6,8-11,21-22H,2,7,12-16H2,1H3,(H,28,30)(H,29,33)(H,31,32)/t22-,27?/m1/s1. The van der Waals surface area contributed by atoms with Crippen LogP contribution in [0, 0.1) is 10.8 Å². The summed E-state index contributed by atoms with van der Waals surface area (Å²) in [7, 11) is 0. The maximum Gasteiger partial charge on any atom is 0.407 e. The Morgan fingerprint density at radius 2 is 1.68 bits per heavy atom. The van der Waals surface area contributed by atoms with E-state index in [1.807, 2.05) is 24.3 Å². The van der Waals surface area contributed by atoms with Crippen molar-refractivity contribution < 1.29 is 24.2 Å². The van der Waals surface area contributed by atoms with E-state index in [4.69, 9.17) is 4.74 Å². The van der Waals surface area contributed by atoms with Crippen molar-refractivity contribution in [1.29, 1.82) is 0 Å². The van der Waals surface area contributed by atoms with E-state index in [0.717, 1.165) is 41.5 Å². The minimum absolute atomic E-state index is 0.0592. The van der Waals surface area contributed by atoms with Crippen molar-refractivity contribution in [1.82, 2.24) is 10.6 Å². The molecule has 7 heteroatoms. The highest BCUT2D eigenvalue weighted by Crippen LogP contribution is 2.73. The molecule has 2 atom stereocenters. The third-order valence-corrected chi connectivity index (χ3v) is 8.18. The first-order chi connectivity index (χ1) is 16.4. The van der Waals surface area contributed by atoms with Crippen LogP contribution in [0.25, 0.3) is 11.1 Å². The molecule has 0 heterocycles. The third-order valence-electron chi connectivity index (χ3n) is 8.18. The number of hydrogen-bond acceptors (Lipinski definition) is 4. The summed E-state index contributed by atoms with van der Waals surface area (Å²) in [5.41, 5.74) is 3.53. The zero-order valence-corrected chi connectivity index (χ0v) is 19.3. The van der Waals surface area contributed by atoms with Gasteiger partial charge in [-0.15, -0.1) is 0 Å². The van der Waals surface area contributed by atoms with Crippen LogP contribution in [-0.2, 0) is 14.3 Å². The fraction of sp³-hybridized carbons (Fsp3) is 0.444. The topological polar surface area (TPSA) is 105 Å². The van der Waals surface area contributed by atoms with Gasteiger partial charge in [0.05, 0.1) is 5.41 Å². The summed E-state index contributed by atoms with van der Waals surface area (Å²) in [6.45, 7) is 2.07. The summed E-state index contributed by atoms with van der Waals surface area (Å²) in [6, 6.07) is 15.4. The number of carbonyl (C=O) groups excluding carboxylic acids is 2. The Morgan fingerprint density at radius 3 is 2.18 bits per heavy atom. The van der Waals surface area contributed by atoms with Gasteiger partial charge in [-0.25, -0.2) is 4.79 Å². The van der Waals surface area contributed by atoms with Crippen LogP contribution in [0.4, 0.5) is 4.79 Å². The Balaban J connectivity index is 1.17.